The van der Waals surface area contributed by atoms with Gasteiger partial charge in [0.25, 0.3) is 0 Å². The lowest BCUT2D eigenvalue weighted by molar-refractivity contribution is -0.0797. The Morgan fingerprint density at radius 3 is 0.544 bits per heavy atom. The number of hydrogen-bond donors (Lipinski definition) is 0. The number of fused-ring (bicyclic) bond motifs is 4. The largest absolute Gasteiger partial charge is 0.298 e. The fourth-order valence-electron chi connectivity index (χ4n) is 12.1. The summed E-state index contributed by atoms with van der Waals surface area (Å²) in [6.45, 7) is 86.1. The second kappa shape index (κ2) is 82.1. The molecule has 0 amide bonds. The van der Waals surface area contributed by atoms with Crippen LogP contribution in [0.5, 0.6) is 0 Å². The third-order valence-corrected chi connectivity index (χ3v) is 17.4. The quantitative estimate of drug-likeness (QED) is 0.272. The van der Waals surface area contributed by atoms with Gasteiger partial charge in [0.2, 0.25) is 0 Å². The molecule has 0 N–H and O–H groups in total. The minimum atomic E-state index is 0. The van der Waals surface area contributed by atoms with E-state index in [0.717, 1.165) is 119 Å². The van der Waals surface area contributed by atoms with Gasteiger partial charge in [-0.1, -0.05) is 329 Å². The molecule has 6 fully saturated rings. The van der Waals surface area contributed by atoms with Gasteiger partial charge in [-0.2, -0.15) is 0 Å². The van der Waals surface area contributed by atoms with Gasteiger partial charge in [0.15, 0.2) is 0 Å². The van der Waals surface area contributed by atoms with Gasteiger partial charge in [-0.3, -0.25) is 9.80 Å². The molecule has 0 radical (unpaired) electrons. The SMILES string of the molecule is C.C.C.C.C.C.C.C.C.C.CC.CC.CC.CC.CC.CC.CC.CCC.CCC.CCC.CCN1[C@H](C)[C@H](C)[C@H](C)[C@@H]1C.CCN1[C@H](C)[C@H](C)[C@H](C)[C@@H]1C.C[C@@H]1[C@H](C)[C@H](C)C[C@@H]1C.C[C@H]1[C@H]2C3C[C@@H](C)[C@@H](C)C[C@H]3[C@H]2C[C@H]1C. The molecule has 2 heterocycles. The lowest BCUT2D eigenvalue weighted by Gasteiger charge is -2.56. The highest BCUT2D eigenvalue weighted by Gasteiger charge is 2.58. The van der Waals surface area contributed by atoms with Crippen molar-refractivity contribution < 1.29 is 0 Å². The molecule has 0 aromatic carbocycles. The van der Waals surface area contributed by atoms with Crippen molar-refractivity contribution >= 4 is 0 Å². The van der Waals surface area contributed by atoms with Crippen molar-refractivity contribution in [2.75, 3.05) is 13.1 Å². The van der Waals surface area contributed by atoms with Gasteiger partial charge in [-0.15, -0.1) is 0 Å². The Kier molecular flexibility index (Phi) is 134. The summed E-state index contributed by atoms with van der Waals surface area (Å²) in [6, 6.07) is 3.13. The van der Waals surface area contributed by atoms with Crippen molar-refractivity contribution in [3.8, 4) is 0 Å². The number of nitrogens with zero attached hydrogens (tertiary/aromatic N) is 2. The van der Waals surface area contributed by atoms with Gasteiger partial charge in [0.05, 0.1) is 0 Å². The van der Waals surface area contributed by atoms with Gasteiger partial charge in [-0.05, 0) is 161 Å². The molecule has 6 rings (SSSR count). The Hall–Kier alpha value is -0.0800. The zero-order valence-electron chi connectivity index (χ0n) is 56.8. The molecule has 1 unspecified atom stereocenters. The minimum Gasteiger partial charge on any atom is -0.298 e. The lowest BCUT2D eigenvalue weighted by Crippen LogP contribution is -2.50. The van der Waals surface area contributed by atoms with E-state index in [2.05, 4.69) is 176 Å². The maximum Gasteiger partial charge on any atom is 0.00984 e. The Labute approximate surface area is 521 Å². The van der Waals surface area contributed by atoms with Crippen LogP contribution in [0.4, 0.5) is 0 Å². The van der Waals surface area contributed by atoms with Crippen LogP contribution in [0.2, 0.25) is 0 Å². The van der Waals surface area contributed by atoms with Crippen molar-refractivity contribution in [3.63, 3.8) is 0 Å². The second-order valence-corrected chi connectivity index (χ2v) is 21.2. The summed E-state index contributed by atoms with van der Waals surface area (Å²) in [5, 5.41) is 0. The predicted octanol–water partition coefficient (Wildman–Crippen LogP) is 29.7. The fraction of sp³-hybridized carbons (Fsp3) is 1.00. The highest BCUT2D eigenvalue weighted by molar-refractivity contribution is 5.07. The Morgan fingerprint density at radius 2 is 0.392 bits per heavy atom. The van der Waals surface area contributed by atoms with Crippen LogP contribution in [-0.2, 0) is 0 Å². The van der Waals surface area contributed by atoms with Crippen molar-refractivity contribution in [1.29, 1.82) is 0 Å². The summed E-state index contributed by atoms with van der Waals surface area (Å²) in [7, 11) is 0. The van der Waals surface area contributed by atoms with Gasteiger partial charge in [0, 0.05) is 24.2 Å². The molecule has 2 heteroatoms. The third-order valence-electron chi connectivity index (χ3n) is 17.4. The van der Waals surface area contributed by atoms with Crippen LogP contribution in [0.25, 0.3) is 0 Å². The van der Waals surface area contributed by atoms with Crippen molar-refractivity contribution in [2.45, 2.75) is 406 Å². The maximum absolute atomic E-state index is 2.61. The molecule has 0 bridgehead atoms. The highest BCUT2D eigenvalue weighted by atomic mass is 15.2. The topological polar surface area (TPSA) is 6.48 Å². The normalized spacial score (nSPS) is 32.1. The predicted molar refractivity (Wildman–Crippen MR) is 400 cm³/mol. The molecular formula is C77H192N2. The van der Waals surface area contributed by atoms with Crippen molar-refractivity contribution in [2.24, 2.45) is 94.7 Å². The Balaban J connectivity index is -0.0000000338. The van der Waals surface area contributed by atoms with E-state index in [1.165, 1.54) is 38.8 Å². The number of rotatable bonds is 2. The molecule has 0 aromatic heterocycles. The second-order valence-electron chi connectivity index (χ2n) is 21.2. The number of likely N-dealkylation sites (tertiary alicyclic amines) is 2. The van der Waals surface area contributed by atoms with Gasteiger partial charge >= 0.3 is 0 Å². The highest BCUT2D eigenvalue weighted by Crippen LogP contribution is 2.65. The zero-order chi connectivity index (χ0) is 57.1. The van der Waals surface area contributed by atoms with E-state index in [4.69, 9.17) is 0 Å². The van der Waals surface area contributed by atoms with Crippen LogP contribution in [0.3, 0.4) is 0 Å². The average molecular weight is 1150 g/mol. The van der Waals surface area contributed by atoms with E-state index in [-0.39, 0.29) is 74.3 Å². The maximum atomic E-state index is 2.61. The molecular weight excluding hydrogens is 953 g/mol. The fourth-order valence-corrected chi connectivity index (χ4v) is 12.1. The smallest absolute Gasteiger partial charge is 0.00984 e. The summed E-state index contributed by atoms with van der Waals surface area (Å²) >= 11 is 0. The molecule has 6 aliphatic rings. The molecule has 2 nitrogen and oxygen atoms in total. The molecule has 20 atom stereocenters. The van der Waals surface area contributed by atoms with E-state index >= 15 is 0 Å². The average Bonchev–Trinajstić information content (AvgIpc) is 3.91. The van der Waals surface area contributed by atoms with Gasteiger partial charge in [0.1, 0.15) is 0 Å². The Morgan fingerprint density at radius 1 is 0.228 bits per heavy atom. The van der Waals surface area contributed by atoms with Crippen LogP contribution >= 0.6 is 0 Å². The van der Waals surface area contributed by atoms with Crippen molar-refractivity contribution in [3.05, 3.63) is 0 Å². The van der Waals surface area contributed by atoms with Crippen LogP contribution < -0.4 is 0 Å². The van der Waals surface area contributed by atoms with Crippen LogP contribution in [-0.4, -0.2) is 47.1 Å². The molecule has 4 aliphatic carbocycles. The molecule has 0 spiro atoms. The summed E-state index contributed by atoms with van der Waals surface area (Å²) in [6.07, 6.45) is 9.84. The summed E-state index contributed by atoms with van der Waals surface area (Å²) in [4.78, 5) is 5.21. The van der Waals surface area contributed by atoms with E-state index < -0.39 is 0 Å². The summed E-state index contributed by atoms with van der Waals surface area (Å²) in [5.41, 5.74) is 0. The van der Waals surface area contributed by atoms with Gasteiger partial charge < -0.3 is 0 Å². The van der Waals surface area contributed by atoms with E-state index in [0.29, 0.717) is 0 Å². The van der Waals surface area contributed by atoms with E-state index in [1.54, 1.807) is 19.3 Å². The monoisotopic (exact) mass is 1150 g/mol. The molecule has 510 valence electrons. The molecule has 4 saturated carbocycles. The van der Waals surface area contributed by atoms with Crippen LogP contribution in [0.15, 0.2) is 0 Å². The molecule has 2 saturated heterocycles. The zero-order valence-corrected chi connectivity index (χ0v) is 56.8. The summed E-state index contributed by atoms with van der Waals surface area (Å²) < 4.78 is 0. The molecule has 2 aliphatic heterocycles. The third kappa shape index (κ3) is 45.0. The first kappa shape index (κ1) is 129. The first-order chi connectivity index (χ1) is 32.6. The Bertz CT molecular complexity index is 871. The summed E-state index contributed by atoms with van der Waals surface area (Å²) in [5.74, 6) is 15.9. The van der Waals surface area contributed by atoms with Crippen LogP contribution in [0.1, 0.15) is 382 Å². The lowest BCUT2D eigenvalue weighted by atomic mass is 9.49. The first-order valence-corrected chi connectivity index (χ1v) is 32.2. The minimum absolute atomic E-state index is 0. The molecule has 79 heavy (non-hydrogen) atoms. The van der Waals surface area contributed by atoms with E-state index in [9.17, 15) is 0 Å². The standard InChI is InChI=1S/C15H26.2C10H21N.C9H18.3C3H8.7C2H6.10CH4/c1-8-5-12-13(6-9(8)2)15-11(4)10(3)7-14(12)15;2*1-6-11-9(4)7(2)8(3)10(11)5;1-6-5-7(2)9(4)8(6)3;3*1-3-2;7*1-2;;;;;;;;;;/h8-15H,5-7H2,1-4H3;2*7-10H,6H2,1-5H3;6-9H,5H2,1-4H3;3*3H2,1-2H3;7*1-2H3;10*1H4/t8-,9+,10+,11+,12+,13?,14+,15-;2*7-,8+,9-,10+;6-,7+,8-,9+;;;;;;;;;;;;;;;;;;;;/m0......................./s1. The van der Waals surface area contributed by atoms with Crippen molar-refractivity contribution in [1.82, 2.24) is 9.80 Å². The van der Waals surface area contributed by atoms with Crippen LogP contribution in [0, 0.1) is 94.7 Å². The molecule has 0 aromatic rings. The van der Waals surface area contributed by atoms with Gasteiger partial charge in [-0.25, -0.2) is 0 Å². The first-order valence-electron chi connectivity index (χ1n) is 32.2. The number of hydrogen-bond acceptors (Lipinski definition) is 2. The van der Waals surface area contributed by atoms with E-state index in [1.807, 2.05) is 96.9 Å².